The Balaban J connectivity index is 2.82. The predicted octanol–water partition coefficient (Wildman–Crippen LogP) is 1.45. The van der Waals surface area contributed by atoms with Crippen molar-refractivity contribution in [2.45, 2.75) is 25.2 Å². The lowest BCUT2D eigenvalue weighted by Crippen LogP contribution is -2.39. The van der Waals surface area contributed by atoms with Gasteiger partial charge in [-0.1, -0.05) is 30.3 Å². The Morgan fingerprint density at radius 3 is 2.53 bits per heavy atom. The van der Waals surface area contributed by atoms with Crippen LogP contribution in [0.2, 0.25) is 0 Å². The van der Waals surface area contributed by atoms with Crippen LogP contribution in [0, 0.1) is 11.3 Å². The van der Waals surface area contributed by atoms with Crippen molar-refractivity contribution in [1.29, 1.82) is 5.26 Å². The summed E-state index contributed by atoms with van der Waals surface area (Å²) in [6, 6.07) is 10.6. The van der Waals surface area contributed by atoms with E-state index in [4.69, 9.17) is 5.26 Å². The van der Waals surface area contributed by atoms with Crippen molar-refractivity contribution in [2.75, 3.05) is 6.54 Å². The molecule has 1 atom stereocenters. The smallest absolute Gasteiger partial charge is 0.314 e. The Hall–Kier alpha value is -2.35. The Morgan fingerprint density at radius 2 is 2.00 bits per heavy atom. The van der Waals surface area contributed by atoms with Crippen molar-refractivity contribution in [3.8, 4) is 6.07 Å². The highest BCUT2D eigenvalue weighted by Gasteiger charge is 2.37. The maximum Gasteiger partial charge on any atom is 0.314 e. The number of amides is 1. The minimum absolute atomic E-state index is 0.155. The number of nitrogens with zero attached hydrogens (tertiary/aromatic N) is 1. The zero-order valence-electron chi connectivity index (χ0n) is 10.7. The monoisotopic (exact) mass is 260 g/mol. The quantitative estimate of drug-likeness (QED) is 0.757. The topological polar surface area (TPSA) is 90.2 Å². The van der Waals surface area contributed by atoms with E-state index in [0.29, 0.717) is 5.56 Å². The van der Waals surface area contributed by atoms with Crippen LogP contribution in [0.15, 0.2) is 30.3 Å². The summed E-state index contributed by atoms with van der Waals surface area (Å²) in [6.07, 6.45) is 0.0542. The van der Waals surface area contributed by atoms with Gasteiger partial charge in [0.15, 0.2) is 0 Å². The first-order chi connectivity index (χ1) is 9.00. The van der Waals surface area contributed by atoms with Crippen LogP contribution in [0.5, 0.6) is 0 Å². The normalized spacial score (nSPS) is 13.1. The first-order valence-corrected chi connectivity index (χ1v) is 5.93. The molecule has 1 unspecified atom stereocenters. The average molecular weight is 260 g/mol. The highest BCUT2D eigenvalue weighted by molar-refractivity contribution is 5.89. The van der Waals surface area contributed by atoms with E-state index in [0.717, 1.165) is 0 Å². The van der Waals surface area contributed by atoms with Crippen LogP contribution in [0.1, 0.15) is 25.3 Å². The van der Waals surface area contributed by atoms with Crippen molar-refractivity contribution in [3.05, 3.63) is 35.9 Å². The highest BCUT2D eigenvalue weighted by Crippen LogP contribution is 2.27. The lowest BCUT2D eigenvalue weighted by Gasteiger charge is -2.24. The van der Waals surface area contributed by atoms with E-state index >= 15 is 0 Å². The predicted molar refractivity (Wildman–Crippen MR) is 69.3 cm³/mol. The van der Waals surface area contributed by atoms with Gasteiger partial charge >= 0.3 is 5.97 Å². The molecule has 0 aromatic heterocycles. The van der Waals surface area contributed by atoms with Gasteiger partial charge in [0.25, 0.3) is 0 Å². The molecule has 0 aliphatic rings. The van der Waals surface area contributed by atoms with Gasteiger partial charge in [-0.25, -0.2) is 0 Å². The standard InChI is InChI=1S/C14H16N2O3/c1-14(13(18)19,11-6-3-2-4-7-11)10-12(17)16-9-5-8-15/h2-4,6-7H,5,9-10H2,1H3,(H,16,17)(H,18,19). The molecule has 5 heteroatoms. The van der Waals surface area contributed by atoms with Crippen molar-refractivity contribution < 1.29 is 14.7 Å². The fourth-order valence-corrected chi connectivity index (χ4v) is 1.75. The summed E-state index contributed by atoms with van der Waals surface area (Å²) >= 11 is 0. The fourth-order valence-electron chi connectivity index (χ4n) is 1.75. The summed E-state index contributed by atoms with van der Waals surface area (Å²) in [7, 11) is 0. The molecule has 0 aliphatic carbocycles. The molecule has 0 heterocycles. The molecule has 0 saturated heterocycles. The molecule has 1 amide bonds. The molecule has 0 saturated carbocycles. The molecule has 1 aromatic rings. The third kappa shape index (κ3) is 3.81. The zero-order valence-corrected chi connectivity index (χ0v) is 10.7. The molecule has 1 rings (SSSR count). The van der Waals surface area contributed by atoms with E-state index in [2.05, 4.69) is 5.32 Å². The summed E-state index contributed by atoms with van der Waals surface area (Å²) < 4.78 is 0. The van der Waals surface area contributed by atoms with Crippen molar-refractivity contribution >= 4 is 11.9 Å². The number of nitriles is 1. The van der Waals surface area contributed by atoms with Gasteiger partial charge in [0.05, 0.1) is 17.9 Å². The number of carboxylic acids is 1. The number of nitrogens with one attached hydrogen (secondary N) is 1. The summed E-state index contributed by atoms with van der Waals surface area (Å²) in [5, 5.41) is 20.3. The average Bonchev–Trinajstić information content (AvgIpc) is 2.39. The molecule has 5 nitrogen and oxygen atoms in total. The molecule has 1 aromatic carbocycles. The summed E-state index contributed by atoms with van der Waals surface area (Å²) in [6.45, 7) is 1.76. The zero-order chi connectivity index (χ0) is 14.3. The van der Waals surface area contributed by atoms with Gasteiger partial charge in [0, 0.05) is 13.0 Å². The Morgan fingerprint density at radius 1 is 1.37 bits per heavy atom. The van der Waals surface area contributed by atoms with E-state index in [1.165, 1.54) is 6.92 Å². The van der Waals surface area contributed by atoms with Crippen LogP contribution >= 0.6 is 0 Å². The van der Waals surface area contributed by atoms with E-state index in [1.54, 1.807) is 30.3 Å². The maximum absolute atomic E-state index is 11.7. The number of carboxylic acid groups (broad SMARTS) is 1. The highest BCUT2D eigenvalue weighted by atomic mass is 16.4. The minimum Gasteiger partial charge on any atom is -0.481 e. The van der Waals surface area contributed by atoms with Gasteiger partial charge in [-0.2, -0.15) is 5.26 Å². The van der Waals surface area contributed by atoms with Gasteiger partial charge in [-0.15, -0.1) is 0 Å². The molecule has 0 bridgehead atoms. The number of aliphatic carboxylic acids is 1. The van der Waals surface area contributed by atoms with Crippen LogP contribution in [0.4, 0.5) is 0 Å². The van der Waals surface area contributed by atoms with E-state index in [1.807, 2.05) is 6.07 Å². The Kier molecular flexibility index (Phi) is 5.07. The first-order valence-electron chi connectivity index (χ1n) is 5.93. The van der Waals surface area contributed by atoms with Crippen LogP contribution in [-0.2, 0) is 15.0 Å². The number of benzene rings is 1. The third-order valence-electron chi connectivity index (χ3n) is 2.96. The molecule has 0 radical (unpaired) electrons. The number of carbonyl (C=O) groups is 2. The number of rotatable bonds is 6. The van der Waals surface area contributed by atoms with Gasteiger partial charge in [-0.3, -0.25) is 9.59 Å². The van der Waals surface area contributed by atoms with Gasteiger partial charge in [0.1, 0.15) is 0 Å². The number of hydrogen-bond acceptors (Lipinski definition) is 3. The van der Waals surface area contributed by atoms with Gasteiger partial charge < -0.3 is 10.4 Å². The van der Waals surface area contributed by atoms with Gasteiger partial charge in [-0.05, 0) is 12.5 Å². The fraction of sp³-hybridized carbons (Fsp3) is 0.357. The summed E-state index contributed by atoms with van der Waals surface area (Å²) in [5.74, 6) is -1.42. The Labute approximate surface area is 111 Å². The number of hydrogen-bond donors (Lipinski definition) is 2. The minimum atomic E-state index is -1.27. The van der Waals surface area contributed by atoms with E-state index < -0.39 is 11.4 Å². The second-order valence-electron chi connectivity index (χ2n) is 4.44. The Bertz CT molecular complexity index is 493. The molecule has 19 heavy (non-hydrogen) atoms. The van der Waals surface area contributed by atoms with Crippen LogP contribution in [-0.4, -0.2) is 23.5 Å². The molecule has 2 N–H and O–H groups in total. The second-order valence-corrected chi connectivity index (χ2v) is 4.44. The maximum atomic E-state index is 11.7. The van der Waals surface area contributed by atoms with Crippen LogP contribution < -0.4 is 5.32 Å². The third-order valence-corrected chi connectivity index (χ3v) is 2.96. The molecular weight excluding hydrogens is 244 g/mol. The van der Waals surface area contributed by atoms with Crippen molar-refractivity contribution in [1.82, 2.24) is 5.32 Å². The van der Waals surface area contributed by atoms with Gasteiger partial charge in [0.2, 0.25) is 5.91 Å². The summed E-state index contributed by atoms with van der Waals surface area (Å²) in [5.41, 5.74) is -0.684. The molecule has 100 valence electrons. The molecule has 0 fully saturated rings. The molecular formula is C14H16N2O3. The first kappa shape index (κ1) is 14.7. The second kappa shape index (κ2) is 6.55. The van der Waals surface area contributed by atoms with Crippen molar-refractivity contribution in [2.24, 2.45) is 0 Å². The van der Waals surface area contributed by atoms with E-state index in [-0.39, 0.29) is 25.3 Å². The number of carbonyl (C=O) groups excluding carboxylic acids is 1. The molecule has 0 spiro atoms. The lowest BCUT2D eigenvalue weighted by molar-refractivity contribution is -0.145. The lowest BCUT2D eigenvalue weighted by atomic mass is 9.79. The molecule has 0 aliphatic heterocycles. The van der Waals surface area contributed by atoms with Crippen LogP contribution in [0.3, 0.4) is 0 Å². The van der Waals surface area contributed by atoms with Crippen LogP contribution in [0.25, 0.3) is 0 Å². The summed E-state index contributed by atoms with van der Waals surface area (Å²) in [4.78, 5) is 23.2. The van der Waals surface area contributed by atoms with Crippen molar-refractivity contribution in [3.63, 3.8) is 0 Å². The SMILES string of the molecule is CC(CC(=O)NCCC#N)(C(=O)O)c1ccccc1. The van der Waals surface area contributed by atoms with E-state index in [9.17, 15) is 14.7 Å². The largest absolute Gasteiger partial charge is 0.481 e.